The molecule has 5 nitrogen and oxygen atoms in total. The number of hydrogen-bond donors (Lipinski definition) is 0. The third kappa shape index (κ3) is 10.9. The van der Waals surface area contributed by atoms with Gasteiger partial charge in [0.05, 0.1) is 22.1 Å². The molecule has 0 fully saturated rings. The van der Waals surface area contributed by atoms with E-state index in [1.165, 1.54) is 77.0 Å². The van der Waals surface area contributed by atoms with Crippen molar-refractivity contribution >= 4 is 102 Å². The molecule has 0 radical (unpaired) electrons. The van der Waals surface area contributed by atoms with Crippen molar-refractivity contribution in [2.24, 2.45) is 0 Å². The lowest BCUT2D eigenvalue weighted by molar-refractivity contribution is 1.01. The molecule has 0 spiro atoms. The first-order valence-electron chi connectivity index (χ1n) is 28.8. The van der Waals surface area contributed by atoms with E-state index in [1.807, 2.05) is 0 Å². The van der Waals surface area contributed by atoms with Crippen LogP contribution in [0.15, 0.2) is 285 Å². The van der Waals surface area contributed by atoms with E-state index in [1.54, 1.807) is 0 Å². The van der Waals surface area contributed by atoms with E-state index in [4.69, 9.17) is 4.98 Å². The number of fused-ring (bicyclic) bond motifs is 6. The molecular formula is C79H63N5. The van der Waals surface area contributed by atoms with Gasteiger partial charge in [0.15, 0.2) is 0 Å². The van der Waals surface area contributed by atoms with Crippen LogP contribution in [0.1, 0.15) is 44.5 Å². The van der Waals surface area contributed by atoms with E-state index in [0.29, 0.717) is 0 Å². The average Bonchev–Trinajstić information content (AvgIpc) is 3.71. The van der Waals surface area contributed by atoms with Gasteiger partial charge in [0.2, 0.25) is 0 Å². The summed E-state index contributed by atoms with van der Waals surface area (Å²) >= 11 is 0. The van der Waals surface area contributed by atoms with E-state index in [9.17, 15) is 0 Å². The van der Waals surface area contributed by atoms with Gasteiger partial charge in [-0.3, -0.25) is 9.13 Å². The molecule has 0 amide bonds. The number of pyridine rings is 1. The minimum absolute atomic E-state index is 0.918. The van der Waals surface area contributed by atoms with Crippen molar-refractivity contribution in [3.8, 4) is 11.6 Å². The Labute approximate surface area is 492 Å². The molecule has 0 bridgehead atoms. The van der Waals surface area contributed by atoms with Gasteiger partial charge in [0.25, 0.3) is 0 Å². The SMILES string of the molecule is Cc1ccc(N(c2ccc(C)cc2)c2ccc(C=Cc3ccc(C=Cc4ccc(N(c5ccc(C)cc5)c5ccc(C)cc5)cc4)cc3)cc2)cc1.c1cc(-n2c3ccccc3c3ccccc32)nc(-n2c3ccccc3c3ccccc32)c1. The Hall–Kier alpha value is -10.8. The Kier molecular flexibility index (Phi) is 14.6. The fourth-order valence-corrected chi connectivity index (χ4v) is 11.2. The second-order valence-corrected chi connectivity index (χ2v) is 21.6. The molecule has 0 aliphatic heterocycles. The van der Waals surface area contributed by atoms with Crippen molar-refractivity contribution < 1.29 is 0 Å². The van der Waals surface area contributed by atoms with Crippen LogP contribution in [0.5, 0.6) is 0 Å². The normalized spacial score (nSPS) is 11.5. The van der Waals surface area contributed by atoms with E-state index >= 15 is 0 Å². The highest BCUT2D eigenvalue weighted by atomic mass is 15.2. The summed E-state index contributed by atoms with van der Waals surface area (Å²) in [4.78, 5) is 9.79. The first-order valence-corrected chi connectivity index (χ1v) is 28.8. The third-order valence-electron chi connectivity index (χ3n) is 15.7. The van der Waals surface area contributed by atoms with Crippen LogP contribution in [0.25, 0.3) is 79.6 Å². The maximum Gasteiger partial charge on any atom is 0.140 e. The molecule has 3 heterocycles. The highest BCUT2D eigenvalue weighted by Gasteiger charge is 2.17. The highest BCUT2D eigenvalue weighted by Crippen LogP contribution is 2.38. The Bertz CT molecular complexity index is 4150. The predicted octanol–water partition coefficient (Wildman–Crippen LogP) is 21.5. The van der Waals surface area contributed by atoms with Crippen LogP contribution >= 0.6 is 0 Å². The summed E-state index contributed by atoms with van der Waals surface area (Å²) in [5.74, 6) is 1.84. The molecule has 0 saturated carbocycles. The molecule has 84 heavy (non-hydrogen) atoms. The van der Waals surface area contributed by atoms with Crippen molar-refractivity contribution in [1.82, 2.24) is 14.1 Å². The number of aryl methyl sites for hydroxylation is 4. The molecule has 0 unspecified atom stereocenters. The summed E-state index contributed by atoms with van der Waals surface area (Å²) in [7, 11) is 0. The first-order chi connectivity index (χ1) is 41.3. The number of hydrogen-bond acceptors (Lipinski definition) is 3. The lowest BCUT2D eigenvalue weighted by atomic mass is 10.1. The summed E-state index contributed by atoms with van der Waals surface area (Å²) in [6, 6.07) is 102. The minimum Gasteiger partial charge on any atom is -0.311 e. The molecule has 3 aromatic heterocycles. The van der Waals surface area contributed by atoms with E-state index < -0.39 is 0 Å². The molecule has 0 saturated heterocycles. The molecule has 0 N–H and O–H groups in total. The van der Waals surface area contributed by atoms with Gasteiger partial charge < -0.3 is 9.80 Å². The summed E-state index contributed by atoms with van der Waals surface area (Å²) in [6.07, 6.45) is 8.70. The number of nitrogens with zero attached hydrogens (tertiary/aromatic N) is 5. The highest BCUT2D eigenvalue weighted by molar-refractivity contribution is 6.10. The maximum atomic E-state index is 5.18. The van der Waals surface area contributed by atoms with Gasteiger partial charge in [-0.2, -0.15) is 0 Å². The molecule has 0 atom stereocenters. The zero-order chi connectivity index (χ0) is 56.9. The smallest absolute Gasteiger partial charge is 0.140 e. The zero-order valence-corrected chi connectivity index (χ0v) is 47.7. The molecule has 14 rings (SSSR count). The summed E-state index contributed by atoms with van der Waals surface area (Å²) in [5, 5.41) is 4.97. The van der Waals surface area contributed by atoms with Crippen LogP contribution in [-0.2, 0) is 0 Å². The van der Waals surface area contributed by atoms with E-state index in [0.717, 1.165) is 56.9 Å². The Morgan fingerprint density at radius 3 is 0.702 bits per heavy atom. The predicted molar refractivity (Wildman–Crippen MR) is 358 cm³/mol. The van der Waals surface area contributed by atoms with Crippen LogP contribution in [0.2, 0.25) is 0 Å². The van der Waals surface area contributed by atoms with Gasteiger partial charge in [-0.05, 0) is 159 Å². The molecule has 11 aromatic carbocycles. The van der Waals surface area contributed by atoms with Crippen molar-refractivity contribution in [3.05, 3.63) is 330 Å². The largest absolute Gasteiger partial charge is 0.311 e. The van der Waals surface area contributed by atoms with Crippen LogP contribution < -0.4 is 9.80 Å². The molecular weight excluding hydrogens is 1020 g/mol. The van der Waals surface area contributed by atoms with Gasteiger partial charge in [-0.25, -0.2) is 4.98 Å². The van der Waals surface area contributed by atoms with Crippen LogP contribution in [0, 0.1) is 27.7 Å². The Morgan fingerprint density at radius 2 is 0.452 bits per heavy atom. The quantitative estimate of drug-likeness (QED) is 0.114. The monoisotopic (exact) mass is 1080 g/mol. The van der Waals surface area contributed by atoms with Gasteiger partial charge in [0, 0.05) is 55.7 Å². The average molecular weight is 1080 g/mol. The van der Waals surface area contributed by atoms with Crippen LogP contribution in [-0.4, -0.2) is 14.1 Å². The minimum atomic E-state index is 0.918. The van der Waals surface area contributed by atoms with Gasteiger partial charge in [-0.15, -0.1) is 0 Å². The van der Waals surface area contributed by atoms with Crippen LogP contribution in [0.4, 0.5) is 34.1 Å². The second-order valence-electron chi connectivity index (χ2n) is 21.6. The first kappa shape index (κ1) is 52.6. The van der Waals surface area contributed by atoms with Crippen molar-refractivity contribution in [2.45, 2.75) is 27.7 Å². The number of anilines is 6. The van der Waals surface area contributed by atoms with E-state index in [-0.39, 0.29) is 0 Å². The second kappa shape index (κ2) is 23.4. The molecule has 5 heteroatoms. The van der Waals surface area contributed by atoms with Crippen molar-refractivity contribution in [2.75, 3.05) is 9.80 Å². The Morgan fingerprint density at radius 1 is 0.238 bits per heavy atom. The fourth-order valence-electron chi connectivity index (χ4n) is 11.2. The van der Waals surface area contributed by atoms with Gasteiger partial charge in [-0.1, -0.05) is 222 Å². The van der Waals surface area contributed by atoms with Crippen LogP contribution in [0.3, 0.4) is 0 Å². The molecule has 14 aromatic rings. The molecule has 0 aliphatic rings. The summed E-state index contributed by atoms with van der Waals surface area (Å²) in [6.45, 7) is 8.50. The molecule has 404 valence electrons. The maximum absolute atomic E-state index is 5.18. The standard InChI is InChI=1S/C50H44N2.C29H19N3/c1-37-5-25-45(26-6-37)51(46-27-7-38(2)8-28-46)49-33-21-43(22-34-49)19-17-41-13-15-42(16-14-41)18-20-44-23-35-50(36-24-44)52(47-29-9-39(3)10-30-47)48-31-11-40(4)12-32-48;1-5-14-24-20(10-1)21-11-2-6-15-25(21)31(24)28-18-9-19-29(30-28)32-26-16-7-3-12-22(26)23-13-4-8-17-27(23)32/h5-36H,1-4H3;1-19H. The lowest BCUT2D eigenvalue weighted by Crippen LogP contribution is -2.09. The number of para-hydroxylation sites is 4. The van der Waals surface area contributed by atoms with Gasteiger partial charge >= 0.3 is 0 Å². The summed E-state index contributed by atoms with van der Waals surface area (Å²) in [5.41, 5.74) is 21.2. The number of benzene rings is 11. The lowest BCUT2D eigenvalue weighted by Gasteiger charge is -2.25. The molecule has 0 aliphatic carbocycles. The number of aromatic nitrogens is 3. The number of rotatable bonds is 12. The van der Waals surface area contributed by atoms with Gasteiger partial charge in [0.1, 0.15) is 11.6 Å². The van der Waals surface area contributed by atoms with Crippen molar-refractivity contribution in [1.29, 1.82) is 0 Å². The third-order valence-corrected chi connectivity index (χ3v) is 15.7. The zero-order valence-electron chi connectivity index (χ0n) is 47.7. The van der Waals surface area contributed by atoms with E-state index in [2.05, 4.69) is 356 Å². The summed E-state index contributed by atoms with van der Waals surface area (Å²) < 4.78 is 4.53. The van der Waals surface area contributed by atoms with Crippen molar-refractivity contribution in [3.63, 3.8) is 0 Å². The Balaban J connectivity index is 0.000000174. The fraction of sp³-hybridized carbons (Fsp3) is 0.0506. The topological polar surface area (TPSA) is 29.2 Å².